The summed E-state index contributed by atoms with van der Waals surface area (Å²) in [6.07, 6.45) is 3.34. The molecule has 3 aromatic carbocycles. The smallest absolute Gasteiger partial charge is 0.416 e. The van der Waals surface area contributed by atoms with Crippen molar-refractivity contribution in [3.63, 3.8) is 0 Å². The number of carboxylic acids is 1. The van der Waals surface area contributed by atoms with Crippen molar-refractivity contribution in [2.75, 3.05) is 31.5 Å². The molecule has 0 bridgehead atoms. The maximum atomic E-state index is 14.4. The van der Waals surface area contributed by atoms with Gasteiger partial charge >= 0.3 is 12.1 Å². The number of benzene rings is 3. The highest BCUT2D eigenvalue weighted by molar-refractivity contribution is 5.91. The van der Waals surface area contributed by atoms with Crippen LogP contribution in [0.2, 0.25) is 0 Å². The Morgan fingerprint density at radius 2 is 1.61 bits per heavy atom. The Labute approximate surface area is 313 Å². The molecule has 2 aliphatic rings. The third kappa shape index (κ3) is 8.03. The molecular formula is C43H44F3N5O3. The first-order valence-corrected chi connectivity index (χ1v) is 18.3. The van der Waals surface area contributed by atoms with Crippen molar-refractivity contribution in [1.82, 2.24) is 19.8 Å². The summed E-state index contributed by atoms with van der Waals surface area (Å²) < 4.78 is 43.2. The molecule has 3 N–H and O–H groups in total. The normalized spacial score (nSPS) is 18.3. The number of carbonyl (C=O) groups is 1. The molecule has 2 aliphatic heterocycles. The summed E-state index contributed by atoms with van der Waals surface area (Å²) in [5.74, 6) is -0.729. The van der Waals surface area contributed by atoms with E-state index in [0.29, 0.717) is 37.4 Å². The van der Waals surface area contributed by atoms with Crippen molar-refractivity contribution >= 4 is 40.5 Å². The number of hydrogen-bond acceptors (Lipinski definition) is 7. The minimum absolute atomic E-state index is 0.0823. The van der Waals surface area contributed by atoms with Gasteiger partial charge in [0.05, 0.1) is 17.6 Å². The fraction of sp³-hybridized carbons (Fsp3) is 0.326. The van der Waals surface area contributed by atoms with Crippen LogP contribution in [0.5, 0.6) is 0 Å². The maximum Gasteiger partial charge on any atom is 0.416 e. The third-order valence-corrected chi connectivity index (χ3v) is 10.8. The lowest BCUT2D eigenvalue weighted by atomic mass is 9.92. The number of nitrogens with one attached hydrogen (secondary N) is 1. The van der Waals surface area contributed by atoms with Gasteiger partial charge in [0, 0.05) is 56.2 Å². The fourth-order valence-corrected chi connectivity index (χ4v) is 7.74. The number of aryl methyl sites for hydroxylation is 1. The number of rotatable bonds is 10. The molecule has 0 amide bonds. The van der Waals surface area contributed by atoms with E-state index >= 15 is 0 Å². The van der Waals surface area contributed by atoms with Crippen LogP contribution in [0.3, 0.4) is 0 Å². The molecule has 7 rings (SSSR count). The maximum absolute atomic E-state index is 14.4. The molecule has 11 heteroatoms. The summed E-state index contributed by atoms with van der Waals surface area (Å²) in [5.41, 5.74) is 8.01. The lowest BCUT2D eigenvalue weighted by molar-refractivity contribution is -0.141. The molecule has 2 fully saturated rings. The average molecular weight is 736 g/mol. The number of likely N-dealkylation sites (tertiary alicyclic amines) is 2. The van der Waals surface area contributed by atoms with E-state index in [9.17, 15) is 28.2 Å². The Bertz CT molecular complexity index is 2240. The van der Waals surface area contributed by atoms with Gasteiger partial charge in [-0.25, -0.2) is 4.98 Å². The minimum atomic E-state index is -4.56. The zero-order chi connectivity index (χ0) is 38.1. The van der Waals surface area contributed by atoms with Gasteiger partial charge in [-0.15, -0.1) is 0 Å². The molecule has 8 nitrogen and oxygen atoms in total. The number of carboxylic acid groups (broad SMARTS) is 1. The number of alkyl halides is 3. The molecule has 2 saturated heterocycles. The number of aromatic nitrogens is 2. The Hall–Kier alpha value is -5.10. The molecule has 2 atom stereocenters. The molecule has 0 unspecified atom stereocenters. The number of aliphatic carboxylic acids is 1. The van der Waals surface area contributed by atoms with Crippen molar-refractivity contribution in [3.8, 4) is 11.1 Å². The number of hydrogen-bond donors (Lipinski definition) is 3. The van der Waals surface area contributed by atoms with E-state index in [2.05, 4.69) is 21.3 Å². The predicted octanol–water partition coefficient (Wildman–Crippen LogP) is 8.63. The van der Waals surface area contributed by atoms with Gasteiger partial charge < -0.3 is 15.5 Å². The highest BCUT2D eigenvalue weighted by Gasteiger charge is 2.34. The summed E-state index contributed by atoms with van der Waals surface area (Å²) >= 11 is 0. The van der Waals surface area contributed by atoms with Gasteiger partial charge in [-0.1, -0.05) is 48.6 Å². The fourth-order valence-electron chi connectivity index (χ4n) is 7.74. The van der Waals surface area contributed by atoms with Gasteiger partial charge in [-0.05, 0) is 114 Å². The topological polar surface area (TPSA) is 102 Å². The van der Waals surface area contributed by atoms with Gasteiger partial charge in [0.15, 0.2) is 5.82 Å². The Morgan fingerprint density at radius 3 is 2.33 bits per heavy atom. The van der Waals surface area contributed by atoms with Gasteiger partial charge in [0.25, 0.3) is 0 Å². The molecule has 280 valence electrons. The van der Waals surface area contributed by atoms with Crippen molar-refractivity contribution in [1.29, 1.82) is 0 Å². The molecule has 2 aromatic heterocycles. The predicted molar refractivity (Wildman–Crippen MR) is 206 cm³/mol. The molecule has 4 heterocycles. The standard InChI is InChI=1S/C43H44F3N5O3/c1-26-18-31(38(43(44,45)46)20-34(26)24-51-16-13-33(23-51)42(53)54)11-10-30-6-4-7-36(27(30)2)37-8-5-9-39(28(37)3)49-41-40-32(12-15-47-41)19-29(21-48-40)22-50-17-14-35(52)25-50/h4-12,15,18-21,33,35,52H,13-14,16-17,22-25H2,1-3H3,(H,47,49)(H,53,54)/b11-10+/t33-,35-/m1/s1. The SMILES string of the molecule is Cc1cc(/C=C/c2cccc(-c3cccc(Nc4nccc5cc(CN6CC[C@@H](O)C6)cnc45)c3C)c2C)c(C(F)(F)F)cc1CN1CC[C@@H](C(=O)O)C1. The van der Waals surface area contributed by atoms with Crippen LogP contribution in [-0.4, -0.2) is 68.2 Å². The van der Waals surface area contributed by atoms with Gasteiger partial charge in [-0.2, -0.15) is 13.2 Å². The second-order valence-corrected chi connectivity index (χ2v) is 14.6. The lowest BCUT2D eigenvalue weighted by Crippen LogP contribution is -2.23. The minimum Gasteiger partial charge on any atom is -0.481 e. The van der Waals surface area contributed by atoms with Crippen LogP contribution in [-0.2, 0) is 24.1 Å². The summed E-state index contributed by atoms with van der Waals surface area (Å²) in [6.45, 7) is 9.21. The van der Waals surface area contributed by atoms with E-state index in [4.69, 9.17) is 4.98 Å². The summed E-state index contributed by atoms with van der Waals surface area (Å²) in [4.78, 5) is 24.9. The summed E-state index contributed by atoms with van der Waals surface area (Å²) in [6, 6.07) is 18.7. The number of halogens is 3. The van der Waals surface area contributed by atoms with Crippen molar-refractivity contribution in [2.45, 2.75) is 59.0 Å². The molecule has 0 spiro atoms. The van der Waals surface area contributed by atoms with Gasteiger partial charge in [0.1, 0.15) is 5.52 Å². The molecule has 0 aliphatic carbocycles. The highest BCUT2D eigenvalue weighted by atomic mass is 19.4. The van der Waals surface area contributed by atoms with Crippen LogP contribution in [0, 0.1) is 26.7 Å². The van der Waals surface area contributed by atoms with Crippen LogP contribution in [0.25, 0.3) is 34.2 Å². The van der Waals surface area contributed by atoms with Crippen molar-refractivity contribution < 1.29 is 28.2 Å². The number of nitrogens with zero attached hydrogens (tertiary/aromatic N) is 4. The van der Waals surface area contributed by atoms with E-state index in [1.165, 1.54) is 12.1 Å². The number of fused-ring (bicyclic) bond motifs is 1. The summed E-state index contributed by atoms with van der Waals surface area (Å²) in [7, 11) is 0. The molecule has 0 radical (unpaired) electrons. The largest absolute Gasteiger partial charge is 0.481 e. The highest BCUT2D eigenvalue weighted by Crippen LogP contribution is 2.37. The monoisotopic (exact) mass is 735 g/mol. The first-order valence-electron chi connectivity index (χ1n) is 18.3. The van der Waals surface area contributed by atoms with E-state index < -0.39 is 23.6 Å². The second-order valence-electron chi connectivity index (χ2n) is 14.6. The molecule has 0 saturated carbocycles. The van der Waals surface area contributed by atoms with Gasteiger partial charge in [-0.3, -0.25) is 19.6 Å². The van der Waals surface area contributed by atoms with Crippen LogP contribution in [0.1, 0.15) is 57.3 Å². The van der Waals surface area contributed by atoms with Crippen LogP contribution < -0.4 is 5.32 Å². The second kappa shape index (κ2) is 15.3. The lowest BCUT2D eigenvalue weighted by Gasteiger charge is -2.20. The van der Waals surface area contributed by atoms with Crippen molar-refractivity contribution in [3.05, 3.63) is 118 Å². The number of anilines is 2. The Kier molecular flexibility index (Phi) is 10.6. The van der Waals surface area contributed by atoms with Crippen molar-refractivity contribution in [2.24, 2.45) is 5.92 Å². The van der Waals surface area contributed by atoms with Gasteiger partial charge in [0.2, 0.25) is 0 Å². The first kappa shape index (κ1) is 37.2. The number of aliphatic hydroxyl groups excluding tert-OH is 1. The molecule has 54 heavy (non-hydrogen) atoms. The number of pyridine rings is 2. The average Bonchev–Trinajstić information content (AvgIpc) is 3.78. The molecular weight excluding hydrogens is 691 g/mol. The number of β-amino-alcohol motifs (C(OH)–C–C–N with tert-alkyl or cyclic N) is 1. The summed E-state index contributed by atoms with van der Waals surface area (Å²) in [5, 5.41) is 23.7. The molecule has 5 aromatic rings. The third-order valence-electron chi connectivity index (χ3n) is 10.8. The quantitative estimate of drug-likeness (QED) is 0.123. The van der Waals surface area contributed by atoms with E-state index in [-0.39, 0.29) is 18.2 Å². The Morgan fingerprint density at radius 1 is 0.889 bits per heavy atom. The van der Waals surface area contributed by atoms with Crippen LogP contribution >= 0.6 is 0 Å². The zero-order valence-electron chi connectivity index (χ0n) is 30.6. The first-order chi connectivity index (χ1) is 25.8. The number of aliphatic hydroxyl groups is 1. The van der Waals surface area contributed by atoms with E-state index in [0.717, 1.165) is 75.0 Å². The zero-order valence-corrected chi connectivity index (χ0v) is 30.6. The van der Waals surface area contributed by atoms with E-state index in [1.807, 2.05) is 67.4 Å². The van der Waals surface area contributed by atoms with E-state index in [1.54, 1.807) is 25.3 Å². The van der Waals surface area contributed by atoms with Crippen LogP contribution in [0.15, 0.2) is 73.1 Å². The Balaban J connectivity index is 1.13. The van der Waals surface area contributed by atoms with Crippen LogP contribution in [0.4, 0.5) is 24.7 Å².